The first-order valence-electron chi connectivity index (χ1n) is 9.91. The van der Waals surface area contributed by atoms with Crippen molar-refractivity contribution in [2.75, 3.05) is 32.7 Å². The van der Waals surface area contributed by atoms with Crippen LogP contribution < -0.4 is 0 Å². The van der Waals surface area contributed by atoms with Crippen molar-refractivity contribution < 1.29 is 9.59 Å². The molecule has 1 aromatic heterocycles. The Kier molecular flexibility index (Phi) is 4.38. The van der Waals surface area contributed by atoms with Crippen molar-refractivity contribution in [1.82, 2.24) is 19.8 Å². The van der Waals surface area contributed by atoms with Crippen LogP contribution in [0.1, 0.15) is 37.7 Å². The minimum absolute atomic E-state index is 0.105. The van der Waals surface area contributed by atoms with Gasteiger partial charge in [-0.15, -0.1) is 6.58 Å². The maximum Gasteiger partial charge on any atom is 0.196 e. The SMILES string of the molecule is C=CCN1CCN(Cc2nc3ccc4c(c3[nH]2)C(=O)c2ccccc2C4=O)CC1. The summed E-state index contributed by atoms with van der Waals surface area (Å²) in [7, 11) is 0. The van der Waals surface area contributed by atoms with E-state index in [9.17, 15) is 9.59 Å². The smallest absolute Gasteiger partial charge is 0.196 e. The van der Waals surface area contributed by atoms with Gasteiger partial charge in [-0.2, -0.15) is 0 Å². The highest BCUT2D eigenvalue weighted by molar-refractivity contribution is 6.31. The first-order valence-corrected chi connectivity index (χ1v) is 9.91. The topological polar surface area (TPSA) is 69.3 Å². The van der Waals surface area contributed by atoms with Gasteiger partial charge in [-0.25, -0.2) is 4.98 Å². The Labute approximate surface area is 168 Å². The third kappa shape index (κ3) is 3.01. The molecule has 1 fully saturated rings. The number of hydrogen-bond acceptors (Lipinski definition) is 5. The number of fused-ring (bicyclic) bond motifs is 4. The molecule has 29 heavy (non-hydrogen) atoms. The minimum Gasteiger partial charge on any atom is -0.340 e. The molecule has 146 valence electrons. The van der Waals surface area contributed by atoms with Crippen molar-refractivity contribution in [1.29, 1.82) is 0 Å². The summed E-state index contributed by atoms with van der Waals surface area (Å²) in [5.74, 6) is 0.602. The van der Waals surface area contributed by atoms with Crippen molar-refractivity contribution in [3.05, 3.63) is 77.1 Å². The van der Waals surface area contributed by atoms with Crippen LogP contribution >= 0.6 is 0 Å². The van der Waals surface area contributed by atoms with Crippen LogP contribution in [0.3, 0.4) is 0 Å². The molecular formula is C23H22N4O2. The molecule has 5 rings (SSSR count). The van der Waals surface area contributed by atoms with Crippen molar-refractivity contribution >= 4 is 22.6 Å². The molecule has 0 bridgehead atoms. The van der Waals surface area contributed by atoms with Crippen LogP contribution in [0.4, 0.5) is 0 Å². The Morgan fingerprint density at radius 3 is 2.34 bits per heavy atom. The van der Waals surface area contributed by atoms with Crippen molar-refractivity contribution in [2.45, 2.75) is 6.54 Å². The molecule has 1 N–H and O–H groups in total. The average Bonchev–Trinajstić information content (AvgIpc) is 3.15. The predicted molar refractivity (Wildman–Crippen MR) is 111 cm³/mol. The number of aromatic amines is 1. The van der Waals surface area contributed by atoms with Crippen molar-refractivity contribution in [3.63, 3.8) is 0 Å². The number of nitrogens with one attached hydrogen (secondary N) is 1. The van der Waals surface area contributed by atoms with E-state index in [4.69, 9.17) is 4.98 Å². The normalized spacial score (nSPS) is 17.4. The van der Waals surface area contributed by atoms with E-state index >= 15 is 0 Å². The van der Waals surface area contributed by atoms with Crippen LogP contribution in [0.5, 0.6) is 0 Å². The third-order valence-electron chi connectivity index (χ3n) is 5.82. The highest BCUT2D eigenvalue weighted by Gasteiger charge is 2.32. The Morgan fingerprint density at radius 1 is 0.931 bits per heavy atom. The molecule has 3 aromatic rings. The molecule has 0 atom stereocenters. The third-order valence-corrected chi connectivity index (χ3v) is 5.82. The van der Waals surface area contributed by atoms with Crippen molar-refractivity contribution in [3.8, 4) is 0 Å². The molecule has 2 aromatic carbocycles. The summed E-state index contributed by atoms with van der Waals surface area (Å²) in [6, 6.07) is 10.6. The largest absolute Gasteiger partial charge is 0.340 e. The quantitative estimate of drug-likeness (QED) is 0.546. The van der Waals surface area contributed by atoms with E-state index in [1.807, 2.05) is 12.1 Å². The number of aromatic nitrogens is 2. The molecule has 0 amide bonds. The number of H-pyrrole nitrogens is 1. The van der Waals surface area contributed by atoms with E-state index in [-0.39, 0.29) is 11.6 Å². The van der Waals surface area contributed by atoms with Gasteiger partial charge >= 0.3 is 0 Å². The van der Waals surface area contributed by atoms with Crippen LogP contribution in [0.25, 0.3) is 11.0 Å². The number of carbonyl (C=O) groups is 2. The van der Waals surface area contributed by atoms with Gasteiger partial charge in [0.2, 0.25) is 0 Å². The summed E-state index contributed by atoms with van der Waals surface area (Å²) < 4.78 is 0. The fourth-order valence-electron chi connectivity index (χ4n) is 4.31. The summed E-state index contributed by atoms with van der Waals surface area (Å²) in [4.78, 5) is 38.8. The zero-order valence-electron chi connectivity index (χ0n) is 16.1. The molecule has 1 aliphatic carbocycles. The number of piperazine rings is 1. The first-order chi connectivity index (χ1) is 14.2. The Balaban J connectivity index is 1.46. The Morgan fingerprint density at radius 2 is 1.62 bits per heavy atom. The van der Waals surface area contributed by atoms with Crippen LogP contribution in [0.15, 0.2) is 49.1 Å². The van der Waals surface area contributed by atoms with E-state index in [1.54, 1.807) is 30.3 Å². The van der Waals surface area contributed by atoms with Gasteiger partial charge in [0.25, 0.3) is 0 Å². The highest BCUT2D eigenvalue weighted by atomic mass is 16.1. The van der Waals surface area contributed by atoms with Gasteiger partial charge in [-0.1, -0.05) is 30.3 Å². The molecule has 2 heterocycles. The Bertz CT molecular complexity index is 1140. The number of benzene rings is 2. The molecule has 1 aliphatic heterocycles. The number of rotatable bonds is 4. The van der Waals surface area contributed by atoms with E-state index in [0.29, 0.717) is 34.3 Å². The first kappa shape index (κ1) is 18.0. The molecule has 0 saturated carbocycles. The van der Waals surface area contributed by atoms with Gasteiger partial charge in [0, 0.05) is 49.4 Å². The molecule has 1 saturated heterocycles. The molecule has 6 heteroatoms. The second-order valence-electron chi connectivity index (χ2n) is 7.64. The molecule has 0 unspecified atom stereocenters. The lowest BCUT2D eigenvalue weighted by molar-refractivity contribution is 0.0980. The monoisotopic (exact) mass is 386 g/mol. The fourth-order valence-corrected chi connectivity index (χ4v) is 4.31. The Hall–Kier alpha value is -3.09. The van der Waals surface area contributed by atoms with Crippen molar-refractivity contribution in [2.24, 2.45) is 0 Å². The summed E-state index contributed by atoms with van der Waals surface area (Å²) >= 11 is 0. The lowest BCUT2D eigenvalue weighted by Gasteiger charge is -2.33. The van der Waals surface area contributed by atoms with Gasteiger partial charge in [0.1, 0.15) is 5.82 Å². The second kappa shape index (κ2) is 7.06. The number of carbonyl (C=O) groups excluding carboxylic acids is 2. The minimum atomic E-state index is -0.117. The molecule has 6 nitrogen and oxygen atoms in total. The van der Waals surface area contributed by atoms with Crippen LogP contribution in [-0.2, 0) is 6.54 Å². The maximum absolute atomic E-state index is 13.1. The van der Waals surface area contributed by atoms with Crippen LogP contribution in [-0.4, -0.2) is 64.1 Å². The van der Waals surface area contributed by atoms with Gasteiger partial charge in [-0.05, 0) is 12.1 Å². The predicted octanol–water partition coefficient (Wildman–Crippen LogP) is 2.64. The van der Waals surface area contributed by atoms with E-state index in [2.05, 4.69) is 21.4 Å². The lowest BCUT2D eigenvalue weighted by Crippen LogP contribution is -2.45. The molecule has 2 aliphatic rings. The molecular weight excluding hydrogens is 364 g/mol. The lowest BCUT2D eigenvalue weighted by atomic mass is 9.83. The van der Waals surface area contributed by atoms with Crippen LogP contribution in [0.2, 0.25) is 0 Å². The zero-order valence-corrected chi connectivity index (χ0v) is 16.1. The molecule has 0 spiro atoms. The maximum atomic E-state index is 13.1. The number of hydrogen-bond donors (Lipinski definition) is 1. The van der Waals surface area contributed by atoms with Gasteiger partial charge in [-0.3, -0.25) is 19.4 Å². The summed E-state index contributed by atoms with van der Waals surface area (Å²) in [5.41, 5.74) is 3.23. The highest BCUT2D eigenvalue weighted by Crippen LogP contribution is 2.31. The van der Waals surface area contributed by atoms with Gasteiger partial charge < -0.3 is 4.98 Å². The zero-order chi connectivity index (χ0) is 20.0. The summed E-state index contributed by atoms with van der Waals surface area (Å²) in [5, 5.41) is 0. The average molecular weight is 386 g/mol. The summed E-state index contributed by atoms with van der Waals surface area (Å²) in [6.45, 7) is 9.37. The van der Waals surface area contributed by atoms with E-state index in [1.165, 1.54) is 0 Å². The number of nitrogens with zero attached hydrogens (tertiary/aromatic N) is 3. The second-order valence-corrected chi connectivity index (χ2v) is 7.64. The fraction of sp³-hybridized carbons (Fsp3) is 0.261. The number of ketones is 2. The van der Waals surface area contributed by atoms with Gasteiger partial charge in [0.15, 0.2) is 11.6 Å². The van der Waals surface area contributed by atoms with E-state index < -0.39 is 0 Å². The van der Waals surface area contributed by atoms with E-state index in [0.717, 1.165) is 44.1 Å². The number of imidazole rings is 1. The summed E-state index contributed by atoms with van der Waals surface area (Å²) in [6.07, 6.45) is 1.94. The van der Waals surface area contributed by atoms with Gasteiger partial charge in [0.05, 0.1) is 23.1 Å². The molecule has 0 radical (unpaired) electrons. The van der Waals surface area contributed by atoms with Crippen LogP contribution in [0, 0.1) is 0 Å². The standard InChI is InChI=1S/C23H22N4O2/c1-2-9-26-10-12-27(13-11-26)14-19-24-18-8-7-17-20(21(18)25-19)23(29)16-6-4-3-5-15(16)22(17)28/h2-8H,1,9-14H2,(H,24,25).